The van der Waals surface area contributed by atoms with E-state index in [0.717, 1.165) is 30.0 Å². The predicted molar refractivity (Wildman–Crippen MR) is 181 cm³/mol. The third kappa shape index (κ3) is 8.20. The summed E-state index contributed by atoms with van der Waals surface area (Å²) in [6, 6.07) is 27.6. The predicted octanol–water partition coefficient (Wildman–Crippen LogP) is 7.46. The molecule has 1 atom stereocenters. The molecule has 0 heterocycles. The van der Waals surface area contributed by atoms with Crippen LogP contribution < -0.4 is 14.4 Å². The number of amides is 2. The Kier molecular flexibility index (Phi) is 10.9. The first kappa shape index (κ1) is 33.3. The molecule has 0 bridgehead atoms. The fourth-order valence-corrected chi connectivity index (χ4v) is 7.26. The summed E-state index contributed by atoms with van der Waals surface area (Å²) in [7, 11) is -4.20. The number of nitrogens with zero attached hydrogens (tertiary/aromatic N) is 2. The van der Waals surface area contributed by atoms with Crippen molar-refractivity contribution in [3.63, 3.8) is 0 Å². The van der Waals surface area contributed by atoms with Crippen molar-refractivity contribution in [2.45, 2.75) is 56.1 Å². The van der Waals surface area contributed by atoms with Gasteiger partial charge in [0.05, 0.1) is 10.6 Å². The van der Waals surface area contributed by atoms with E-state index in [9.17, 15) is 18.0 Å². The molecule has 0 aromatic heterocycles. The van der Waals surface area contributed by atoms with E-state index in [1.54, 1.807) is 67.6 Å². The van der Waals surface area contributed by atoms with Crippen molar-refractivity contribution in [2.75, 3.05) is 10.8 Å². The molecule has 1 saturated carbocycles. The van der Waals surface area contributed by atoms with Gasteiger partial charge in [-0.25, -0.2) is 8.42 Å². The van der Waals surface area contributed by atoms with Gasteiger partial charge in [0.2, 0.25) is 11.8 Å². The monoisotopic (exact) mass is 679 g/mol. The normalized spacial score (nSPS) is 14.0. The summed E-state index contributed by atoms with van der Waals surface area (Å²) in [6.45, 7) is 1.04. The van der Waals surface area contributed by atoms with Crippen LogP contribution in [0.4, 0.5) is 5.69 Å². The van der Waals surface area contributed by atoms with Crippen LogP contribution in [-0.4, -0.2) is 43.8 Å². The van der Waals surface area contributed by atoms with E-state index in [-0.39, 0.29) is 29.1 Å². The molecule has 1 aliphatic carbocycles. The molecule has 11 heteroatoms. The number of nitrogens with one attached hydrogen (secondary N) is 1. The van der Waals surface area contributed by atoms with Gasteiger partial charge in [-0.15, -0.1) is 0 Å². The largest absolute Gasteiger partial charge is 0.457 e. The summed E-state index contributed by atoms with van der Waals surface area (Å²) in [5, 5.41) is 3.82. The Balaban J connectivity index is 1.47. The first-order valence-electron chi connectivity index (χ1n) is 15.1. The molecule has 0 aliphatic heterocycles. The average Bonchev–Trinajstić information content (AvgIpc) is 3.57. The van der Waals surface area contributed by atoms with Gasteiger partial charge >= 0.3 is 0 Å². The minimum Gasteiger partial charge on any atom is -0.457 e. The van der Waals surface area contributed by atoms with Gasteiger partial charge in [-0.2, -0.15) is 0 Å². The van der Waals surface area contributed by atoms with E-state index in [2.05, 4.69) is 5.32 Å². The van der Waals surface area contributed by atoms with Crippen molar-refractivity contribution in [1.29, 1.82) is 0 Å². The summed E-state index contributed by atoms with van der Waals surface area (Å²) in [5.74, 6) is 0.226. The van der Waals surface area contributed by atoms with Crippen molar-refractivity contribution in [3.8, 4) is 11.5 Å². The van der Waals surface area contributed by atoms with Gasteiger partial charge in [0.15, 0.2) is 0 Å². The molecular weight excluding hydrogens is 645 g/mol. The molecule has 4 aromatic carbocycles. The van der Waals surface area contributed by atoms with Crippen molar-refractivity contribution in [1.82, 2.24) is 10.2 Å². The standard InChI is InChI=1S/C35H35Cl2N3O5S/c1-25(35(42)38-28-10-8-9-11-28)39(23-26-16-17-27(36)22-33(26)37)34(41)24-40(46(43,44)32-14-6-3-7-15-32)29-18-20-31(21-19-29)45-30-12-4-2-5-13-30/h2-7,12-22,25,28H,8-11,23-24H2,1H3,(H,38,42). The van der Waals surface area contributed by atoms with E-state index in [0.29, 0.717) is 27.1 Å². The third-order valence-electron chi connectivity index (χ3n) is 7.94. The van der Waals surface area contributed by atoms with Crippen LogP contribution in [-0.2, 0) is 26.2 Å². The molecule has 0 radical (unpaired) electrons. The van der Waals surface area contributed by atoms with Gasteiger partial charge in [-0.3, -0.25) is 13.9 Å². The minimum absolute atomic E-state index is 0.0201. The lowest BCUT2D eigenvalue weighted by Gasteiger charge is -2.32. The second-order valence-corrected chi connectivity index (χ2v) is 13.9. The lowest BCUT2D eigenvalue weighted by molar-refractivity contribution is -0.139. The van der Waals surface area contributed by atoms with Gasteiger partial charge in [0.25, 0.3) is 10.0 Å². The van der Waals surface area contributed by atoms with Gasteiger partial charge in [-0.1, -0.05) is 78.5 Å². The van der Waals surface area contributed by atoms with Crippen LogP contribution in [0.5, 0.6) is 11.5 Å². The SMILES string of the molecule is CC(C(=O)NC1CCCC1)N(Cc1ccc(Cl)cc1Cl)C(=O)CN(c1ccc(Oc2ccccc2)cc1)S(=O)(=O)c1ccccc1. The Morgan fingerprint density at radius 1 is 0.870 bits per heavy atom. The Morgan fingerprint density at radius 2 is 1.48 bits per heavy atom. The molecule has 1 unspecified atom stereocenters. The van der Waals surface area contributed by atoms with E-state index in [4.69, 9.17) is 27.9 Å². The van der Waals surface area contributed by atoms with E-state index < -0.39 is 28.5 Å². The Morgan fingerprint density at radius 3 is 2.11 bits per heavy atom. The molecule has 240 valence electrons. The van der Waals surface area contributed by atoms with Crippen LogP contribution in [0.1, 0.15) is 38.2 Å². The number of sulfonamides is 1. The number of anilines is 1. The number of rotatable bonds is 12. The Bertz CT molecular complexity index is 1750. The van der Waals surface area contributed by atoms with Gasteiger partial charge < -0.3 is 15.0 Å². The quantitative estimate of drug-likeness (QED) is 0.168. The van der Waals surface area contributed by atoms with Crippen LogP contribution in [0.3, 0.4) is 0 Å². The molecule has 0 saturated heterocycles. The second kappa shape index (κ2) is 15.0. The molecule has 0 spiro atoms. The average molecular weight is 681 g/mol. The molecular formula is C35H35Cl2N3O5S. The lowest BCUT2D eigenvalue weighted by Crippen LogP contribution is -2.52. The zero-order chi connectivity index (χ0) is 32.7. The summed E-state index contributed by atoms with van der Waals surface area (Å²) in [6.07, 6.45) is 3.82. The summed E-state index contributed by atoms with van der Waals surface area (Å²) in [4.78, 5) is 29.0. The minimum atomic E-state index is -4.20. The van der Waals surface area contributed by atoms with Crippen molar-refractivity contribution < 1.29 is 22.7 Å². The lowest BCUT2D eigenvalue weighted by atomic mass is 10.1. The maximum absolute atomic E-state index is 14.2. The highest BCUT2D eigenvalue weighted by Gasteiger charge is 2.33. The van der Waals surface area contributed by atoms with Crippen molar-refractivity contribution in [2.24, 2.45) is 0 Å². The number of hydrogen-bond donors (Lipinski definition) is 1. The number of hydrogen-bond acceptors (Lipinski definition) is 5. The van der Waals surface area contributed by atoms with E-state index in [1.165, 1.54) is 17.0 Å². The molecule has 5 rings (SSSR count). The molecule has 4 aromatic rings. The van der Waals surface area contributed by atoms with Crippen LogP contribution in [0.2, 0.25) is 10.0 Å². The highest BCUT2D eigenvalue weighted by Crippen LogP contribution is 2.29. The van der Waals surface area contributed by atoms with Crippen molar-refractivity contribution in [3.05, 3.63) is 119 Å². The first-order chi connectivity index (χ1) is 22.1. The molecule has 2 amide bonds. The maximum Gasteiger partial charge on any atom is 0.264 e. The Labute approximate surface area is 279 Å². The van der Waals surface area contributed by atoms with E-state index >= 15 is 0 Å². The number of carbonyl (C=O) groups is 2. The second-order valence-electron chi connectivity index (χ2n) is 11.2. The number of carbonyl (C=O) groups excluding carboxylic acids is 2. The highest BCUT2D eigenvalue weighted by molar-refractivity contribution is 7.92. The van der Waals surface area contributed by atoms with Crippen LogP contribution >= 0.6 is 23.2 Å². The zero-order valence-electron chi connectivity index (χ0n) is 25.3. The number of benzene rings is 4. The van der Waals surface area contributed by atoms with Gasteiger partial charge in [0.1, 0.15) is 24.1 Å². The molecule has 1 fully saturated rings. The number of halogens is 2. The first-order valence-corrected chi connectivity index (χ1v) is 17.3. The fraction of sp³-hybridized carbons (Fsp3) is 0.257. The molecule has 1 N–H and O–H groups in total. The maximum atomic E-state index is 14.2. The smallest absolute Gasteiger partial charge is 0.264 e. The number of para-hydroxylation sites is 1. The highest BCUT2D eigenvalue weighted by atomic mass is 35.5. The Hall–Kier alpha value is -4.05. The fourth-order valence-electron chi connectivity index (χ4n) is 5.36. The van der Waals surface area contributed by atoms with Gasteiger partial charge in [-0.05, 0) is 86.0 Å². The van der Waals surface area contributed by atoms with Crippen LogP contribution in [0, 0.1) is 0 Å². The van der Waals surface area contributed by atoms with E-state index in [1.807, 2.05) is 30.3 Å². The van der Waals surface area contributed by atoms with Crippen LogP contribution in [0.15, 0.2) is 108 Å². The third-order valence-corrected chi connectivity index (χ3v) is 10.3. The summed E-state index contributed by atoms with van der Waals surface area (Å²) < 4.78 is 35.1. The summed E-state index contributed by atoms with van der Waals surface area (Å²) in [5.41, 5.74) is 0.824. The topological polar surface area (TPSA) is 96.0 Å². The molecule has 1 aliphatic rings. The molecule has 46 heavy (non-hydrogen) atoms. The number of ether oxygens (including phenoxy) is 1. The zero-order valence-corrected chi connectivity index (χ0v) is 27.6. The van der Waals surface area contributed by atoms with Crippen molar-refractivity contribution >= 4 is 50.7 Å². The van der Waals surface area contributed by atoms with Gasteiger partial charge in [0, 0.05) is 22.6 Å². The van der Waals surface area contributed by atoms with Crippen LogP contribution in [0.25, 0.3) is 0 Å². The summed E-state index contributed by atoms with van der Waals surface area (Å²) >= 11 is 12.6. The molecule has 8 nitrogen and oxygen atoms in total.